The van der Waals surface area contributed by atoms with Crippen molar-refractivity contribution >= 4 is 0 Å². The highest BCUT2D eigenvalue weighted by atomic mass is 19.4. The molecule has 0 aliphatic carbocycles. The molecule has 1 aliphatic rings. The summed E-state index contributed by atoms with van der Waals surface area (Å²) in [6, 6.07) is -2.38. The molecule has 16 heavy (non-hydrogen) atoms. The summed E-state index contributed by atoms with van der Waals surface area (Å²) < 4.78 is 38.7. The van der Waals surface area contributed by atoms with Gasteiger partial charge in [0.15, 0.2) is 0 Å². The van der Waals surface area contributed by atoms with E-state index in [1.54, 1.807) is 0 Å². The quantitative estimate of drug-likeness (QED) is 0.799. The van der Waals surface area contributed by atoms with E-state index in [9.17, 15) is 13.2 Å². The topological polar surface area (TPSA) is 29.3 Å². The third-order valence-electron chi connectivity index (χ3n) is 3.12. The zero-order chi connectivity index (χ0) is 12.5. The highest BCUT2D eigenvalue weighted by Gasteiger charge is 2.47. The molecule has 96 valence electrons. The number of nitrogens with zero attached hydrogens (tertiary/aromatic N) is 1. The van der Waals surface area contributed by atoms with Gasteiger partial charge in [-0.15, -0.1) is 0 Å². The van der Waals surface area contributed by atoms with Crippen LogP contribution < -0.4 is 5.73 Å². The van der Waals surface area contributed by atoms with Crippen LogP contribution in [0.1, 0.15) is 27.2 Å². The van der Waals surface area contributed by atoms with Gasteiger partial charge in [-0.2, -0.15) is 13.2 Å². The Labute approximate surface area is 95.0 Å². The largest absolute Gasteiger partial charge is 0.405 e. The van der Waals surface area contributed by atoms with Gasteiger partial charge in [-0.1, -0.05) is 13.8 Å². The molecule has 5 heteroatoms. The molecule has 0 spiro atoms. The Bertz CT molecular complexity index is 218. The van der Waals surface area contributed by atoms with E-state index < -0.39 is 18.3 Å². The number of hydrogen-bond acceptors (Lipinski definition) is 2. The fourth-order valence-electron chi connectivity index (χ4n) is 2.78. The number of likely N-dealkylation sites (tertiary alicyclic amines) is 1. The number of nitrogens with two attached hydrogens (primary N) is 1. The second-order valence-corrected chi connectivity index (χ2v) is 5.25. The van der Waals surface area contributed by atoms with Crippen LogP contribution in [0.2, 0.25) is 0 Å². The maximum Gasteiger partial charge on any atom is 0.405 e. The van der Waals surface area contributed by atoms with E-state index in [2.05, 4.69) is 0 Å². The van der Waals surface area contributed by atoms with E-state index in [0.717, 1.165) is 6.42 Å². The molecule has 0 bridgehead atoms. The minimum Gasteiger partial charge on any atom is -0.326 e. The first-order chi connectivity index (χ1) is 7.21. The standard InChI is InChI=1S/C11H21F3N2/c1-7-4-8(2)6-16(5-7)10(9(3)15)11(12,13)14/h7-10H,4-6,15H2,1-3H3. The Morgan fingerprint density at radius 2 is 1.62 bits per heavy atom. The maximum atomic E-state index is 12.9. The van der Waals surface area contributed by atoms with Gasteiger partial charge in [0.25, 0.3) is 0 Å². The van der Waals surface area contributed by atoms with Gasteiger partial charge in [-0.05, 0) is 25.2 Å². The minimum atomic E-state index is -4.23. The Morgan fingerprint density at radius 3 is 1.94 bits per heavy atom. The third kappa shape index (κ3) is 3.35. The van der Waals surface area contributed by atoms with Crippen molar-refractivity contribution in [3.8, 4) is 0 Å². The Morgan fingerprint density at radius 1 is 1.19 bits per heavy atom. The molecular formula is C11H21F3N2. The van der Waals surface area contributed by atoms with Crippen molar-refractivity contribution in [3.63, 3.8) is 0 Å². The summed E-state index contributed by atoms with van der Waals surface area (Å²) in [7, 11) is 0. The highest BCUT2D eigenvalue weighted by molar-refractivity contribution is 4.89. The first-order valence-electron chi connectivity index (χ1n) is 5.78. The summed E-state index contributed by atoms with van der Waals surface area (Å²) in [5.41, 5.74) is 5.48. The van der Waals surface area contributed by atoms with E-state index in [-0.39, 0.29) is 0 Å². The number of hydrogen-bond donors (Lipinski definition) is 1. The molecule has 4 unspecified atom stereocenters. The number of halogens is 3. The van der Waals surface area contributed by atoms with Gasteiger partial charge >= 0.3 is 6.18 Å². The van der Waals surface area contributed by atoms with Crippen molar-refractivity contribution in [2.24, 2.45) is 17.6 Å². The molecule has 2 nitrogen and oxygen atoms in total. The Kier molecular flexibility index (Phi) is 4.23. The van der Waals surface area contributed by atoms with E-state index in [1.165, 1.54) is 11.8 Å². The summed E-state index contributed by atoms with van der Waals surface area (Å²) in [6.45, 7) is 6.42. The van der Waals surface area contributed by atoms with E-state index in [1.807, 2.05) is 13.8 Å². The van der Waals surface area contributed by atoms with Crippen molar-refractivity contribution in [2.75, 3.05) is 13.1 Å². The Balaban J connectivity index is 2.78. The molecule has 1 heterocycles. The van der Waals surface area contributed by atoms with Gasteiger partial charge in [-0.25, -0.2) is 0 Å². The van der Waals surface area contributed by atoms with Crippen LogP contribution in [-0.2, 0) is 0 Å². The second kappa shape index (κ2) is 4.92. The van der Waals surface area contributed by atoms with E-state index in [4.69, 9.17) is 5.73 Å². The van der Waals surface area contributed by atoms with Crippen molar-refractivity contribution in [3.05, 3.63) is 0 Å². The van der Waals surface area contributed by atoms with E-state index >= 15 is 0 Å². The van der Waals surface area contributed by atoms with Gasteiger partial charge in [0, 0.05) is 19.1 Å². The lowest BCUT2D eigenvalue weighted by Crippen LogP contribution is -2.58. The normalized spacial score (nSPS) is 32.4. The summed E-state index contributed by atoms with van der Waals surface area (Å²) in [5, 5.41) is 0. The summed E-state index contributed by atoms with van der Waals surface area (Å²) in [4.78, 5) is 1.50. The highest BCUT2D eigenvalue weighted by Crippen LogP contribution is 2.31. The molecule has 1 saturated heterocycles. The minimum absolute atomic E-state index is 0.312. The lowest BCUT2D eigenvalue weighted by Gasteiger charge is -2.42. The smallest absolute Gasteiger partial charge is 0.326 e. The molecule has 0 amide bonds. The summed E-state index contributed by atoms with van der Waals surface area (Å²) in [5.74, 6) is 0.625. The number of piperidine rings is 1. The molecule has 1 aliphatic heterocycles. The molecule has 0 saturated carbocycles. The SMILES string of the molecule is CC1CC(C)CN(C(C(C)N)C(F)(F)F)C1. The predicted octanol–water partition coefficient (Wildman–Crippen LogP) is 2.24. The maximum absolute atomic E-state index is 12.9. The van der Waals surface area contributed by atoms with Crippen LogP contribution in [0.3, 0.4) is 0 Å². The van der Waals surface area contributed by atoms with Crippen LogP contribution in [0.25, 0.3) is 0 Å². The lowest BCUT2D eigenvalue weighted by molar-refractivity contribution is -0.194. The average Bonchev–Trinajstić information content (AvgIpc) is 1.96. The van der Waals surface area contributed by atoms with Gasteiger partial charge in [0.1, 0.15) is 6.04 Å². The zero-order valence-electron chi connectivity index (χ0n) is 10.1. The molecule has 1 rings (SSSR count). The molecule has 0 radical (unpaired) electrons. The first kappa shape index (κ1) is 13.8. The third-order valence-corrected chi connectivity index (χ3v) is 3.12. The van der Waals surface area contributed by atoms with E-state index in [0.29, 0.717) is 24.9 Å². The molecule has 2 N–H and O–H groups in total. The summed E-state index contributed by atoms with van der Waals surface area (Å²) >= 11 is 0. The van der Waals surface area contributed by atoms with Crippen molar-refractivity contribution < 1.29 is 13.2 Å². The fraction of sp³-hybridized carbons (Fsp3) is 1.00. The zero-order valence-corrected chi connectivity index (χ0v) is 10.1. The monoisotopic (exact) mass is 238 g/mol. The van der Waals surface area contributed by atoms with Gasteiger partial charge in [-0.3, -0.25) is 4.90 Å². The molecular weight excluding hydrogens is 217 g/mol. The molecule has 1 fully saturated rings. The van der Waals surface area contributed by atoms with Crippen LogP contribution in [0.15, 0.2) is 0 Å². The predicted molar refractivity (Wildman–Crippen MR) is 58.0 cm³/mol. The molecule has 0 aromatic rings. The van der Waals surface area contributed by atoms with Gasteiger partial charge in [0.2, 0.25) is 0 Å². The Hall–Kier alpha value is -0.290. The summed E-state index contributed by atoms with van der Waals surface area (Å²) in [6.07, 6.45) is -3.23. The van der Waals surface area contributed by atoms with Crippen LogP contribution in [0, 0.1) is 11.8 Å². The van der Waals surface area contributed by atoms with Crippen molar-refractivity contribution in [2.45, 2.75) is 45.5 Å². The first-order valence-corrected chi connectivity index (χ1v) is 5.78. The average molecular weight is 238 g/mol. The van der Waals surface area contributed by atoms with Gasteiger partial charge < -0.3 is 5.73 Å². The van der Waals surface area contributed by atoms with Crippen molar-refractivity contribution in [1.29, 1.82) is 0 Å². The van der Waals surface area contributed by atoms with Crippen molar-refractivity contribution in [1.82, 2.24) is 4.90 Å². The van der Waals surface area contributed by atoms with Crippen LogP contribution in [0.4, 0.5) is 13.2 Å². The molecule has 0 aromatic heterocycles. The van der Waals surface area contributed by atoms with Gasteiger partial charge in [0.05, 0.1) is 0 Å². The molecule has 0 aromatic carbocycles. The second-order valence-electron chi connectivity index (χ2n) is 5.25. The van der Waals surface area contributed by atoms with Crippen LogP contribution >= 0.6 is 0 Å². The van der Waals surface area contributed by atoms with Crippen LogP contribution in [0.5, 0.6) is 0 Å². The lowest BCUT2D eigenvalue weighted by atomic mass is 9.90. The number of alkyl halides is 3. The molecule has 4 atom stereocenters. The number of rotatable bonds is 2. The fourth-order valence-corrected chi connectivity index (χ4v) is 2.78. The van der Waals surface area contributed by atoms with Crippen LogP contribution in [-0.4, -0.2) is 36.2 Å².